The fourth-order valence-electron chi connectivity index (χ4n) is 7.89. The molecule has 2 aromatic heterocycles. The number of hydrogen-bond donors (Lipinski definition) is 4. The molecule has 280 valence electrons. The molecule has 2 fully saturated rings. The van der Waals surface area contributed by atoms with Gasteiger partial charge in [0.2, 0.25) is 5.95 Å². The van der Waals surface area contributed by atoms with E-state index in [2.05, 4.69) is 56.7 Å². The number of fused-ring (bicyclic) bond motifs is 1. The lowest BCUT2D eigenvalue weighted by molar-refractivity contribution is -0.151. The Labute approximate surface area is 320 Å². The number of rotatable bonds is 10. The van der Waals surface area contributed by atoms with Crippen LogP contribution in [0.5, 0.6) is 0 Å². The second-order valence-corrected chi connectivity index (χ2v) is 15.1. The van der Waals surface area contributed by atoms with Gasteiger partial charge in [-0.3, -0.25) is 9.59 Å². The summed E-state index contributed by atoms with van der Waals surface area (Å²) in [6.45, 7) is 5.48. The molecule has 2 amide bonds. The normalized spacial score (nSPS) is 19.3. The van der Waals surface area contributed by atoms with Crippen molar-refractivity contribution in [2.24, 2.45) is 5.92 Å². The fourth-order valence-corrected chi connectivity index (χ4v) is 7.89. The molecule has 4 atom stereocenters. The van der Waals surface area contributed by atoms with Gasteiger partial charge in [-0.15, -0.1) is 0 Å². The molecule has 4 heterocycles. The maximum Gasteiger partial charge on any atom is 0.259 e. The number of benzene rings is 4. The summed E-state index contributed by atoms with van der Waals surface area (Å²) in [7, 11) is 0. The van der Waals surface area contributed by atoms with E-state index in [1.54, 1.807) is 47.9 Å². The first-order chi connectivity index (χ1) is 26.6. The van der Waals surface area contributed by atoms with Crippen molar-refractivity contribution in [2.45, 2.75) is 50.4 Å². The summed E-state index contributed by atoms with van der Waals surface area (Å²) in [5.74, 6) is 0.868. The highest BCUT2D eigenvalue weighted by Crippen LogP contribution is 2.36. The fraction of sp³-hybridized carbons (Fsp3) is 0.295. The molecule has 2 aliphatic heterocycles. The standard InChI is InChI=1S/C44H45N7O4/c1-43(54,35-10-5-3-6-11-35)40(52)50-21-19-29(28-50)24-46-42-47-25-34(26-48-42)32-16-15-31-23-33(18-17-30(31)22-32)37-27-45-39(49-37)38-14-9-20-51(38)41(53)44(2,55)36-12-7-4-8-13-36/h3-8,10-13,15-18,22-23,25-27,29,38,54-55H,9,14,19-21,24,28H2,1-2H3,(H,45,49)(H,46,47,48)/t29-,38+,43-,44+/m1/s1. The summed E-state index contributed by atoms with van der Waals surface area (Å²) >= 11 is 0. The Hall–Kier alpha value is -5.91. The summed E-state index contributed by atoms with van der Waals surface area (Å²) in [4.78, 5) is 47.6. The zero-order valence-electron chi connectivity index (χ0n) is 31.0. The summed E-state index contributed by atoms with van der Waals surface area (Å²) in [6, 6.07) is 30.4. The molecular formula is C44H45N7O4. The van der Waals surface area contributed by atoms with Crippen molar-refractivity contribution in [1.82, 2.24) is 29.7 Å². The molecule has 0 aliphatic carbocycles. The number of anilines is 1. The summed E-state index contributed by atoms with van der Waals surface area (Å²) < 4.78 is 0. The molecule has 55 heavy (non-hydrogen) atoms. The average Bonchev–Trinajstić information content (AvgIpc) is 4.02. The van der Waals surface area contributed by atoms with E-state index in [4.69, 9.17) is 4.98 Å². The van der Waals surface area contributed by atoms with E-state index in [0.717, 1.165) is 52.4 Å². The van der Waals surface area contributed by atoms with Crippen LogP contribution in [0.25, 0.3) is 33.2 Å². The molecule has 0 saturated carbocycles. The molecule has 6 aromatic rings. The maximum absolute atomic E-state index is 13.6. The summed E-state index contributed by atoms with van der Waals surface area (Å²) in [6.07, 6.45) is 7.88. The monoisotopic (exact) mass is 735 g/mol. The van der Waals surface area contributed by atoms with E-state index < -0.39 is 11.2 Å². The summed E-state index contributed by atoms with van der Waals surface area (Å²) in [5, 5.41) is 27.7. The third kappa shape index (κ3) is 7.20. The minimum Gasteiger partial charge on any atom is -0.376 e. The Morgan fingerprint density at radius 2 is 1.36 bits per heavy atom. The number of aromatic amines is 1. The van der Waals surface area contributed by atoms with Crippen molar-refractivity contribution in [1.29, 1.82) is 0 Å². The Bertz CT molecular complexity index is 2310. The third-order valence-electron chi connectivity index (χ3n) is 11.2. The molecule has 0 spiro atoms. The van der Waals surface area contributed by atoms with Crippen LogP contribution in [0.3, 0.4) is 0 Å². The van der Waals surface area contributed by atoms with Crippen LogP contribution in [0.4, 0.5) is 5.95 Å². The first-order valence-electron chi connectivity index (χ1n) is 18.9. The van der Waals surface area contributed by atoms with Gasteiger partial charge in [0.25, 0.3) is 11.8 Å². The van der Waals surface area contributed by atoms with E-state index >= 15 is 0 Å². The smallest absolute Gasteiger partial charge is 0.259 e. The van der Waals surface area contributed by atoms with Gasteiger partial charge in [0, 0.05) is 49.7 Å². The molecule has 11 nitrogen and oxygen atoms in total. The molecule has 4 aromatic carbocycles. The molecule has 0 bridgehead atoms. The highest BCUT2D eigenvalue weighted by molar-refractivity contribution is 5.90. The van der Waals surface area contributed by atoms with Gasteiger partial charge in [0.1, 0.15) is 5.82 Å². The van der Waals surface area contributed by atoms with Crippen LogP contribution in [-0.2, 0) is 20.8 Å². The van der Waals surface area contributed by atoms with Gasteiger partial charge in [-0.1, -0.05) is 84.9 Å². The number of carbonyl (C=O) groups excluding carboxylic acids is 2. The van der Waals surface area contributed by atoms with Crippen LogP contribution in [0.15, 0.2) is 116 Å². The Balaban J connectivity index is 0.887. The SMILES string of the molecule is C[C@](O)(C(=O)N1CC[C@H](CNc2ncc(-c3ccc4cc(-c5cnc([C@@H]6CCCN6C(=O)[C@@](C)(O)c6ccccc6)[nH]5)ccc4c3)cn2)C1)c1ccccc1. The number of amides is 2. The number of aromatic nitrogens is 4. The van der Waals surface area contributed by atoms with E-state index in [1.165, 1.54) is 0 Å². The van der Waals surface area contributed by atoms with Crippen LogP contribution >= 0.6 is 0 Å². The quantitative estimate of drug-likeness (QED) is 0.126. The molecule has 11 heteroatoms. The van der Waals surface area contributed by atoms with Gasteiger partial charge in [-0.2, -0.15) is 0 Å². The van der Waals surface area contributed by atoms with Crippen molar-refractivity contribution in [3.63, 3.8) is 0 Å². The lowest BCUT2D eigenvalue weighted by atomic mass is 9.94. The highest BCUT2D eigenvalue weighted by atomic mass is 16.3. The molecule has 0 unspecified atom stereocenters. The molecule has 2 aliphatic rings. The van der Waals surface area contributed by atoms with E-state index in [0.29, 0.717) is 49.1 Å². The molecule has 8 rings (SSSR count). The zero-order chi connectivity index (χ0) is 38.2. The summed E-state index contributed by atoms with van der Waals surface area (Å²) in [5.41, 5.74) is 1.73. The number of nitrogens with one attached hydrogen (secondary N) is 2. The van der Waals surface area contributed by atoms with Gasteiger partial charge in [-0.25, -0.2) is 15.0 Å². The predicted octanol–water partition coefficient (Wildman–Crippen LogP) is 6.43. The van der Waals surface area contributed by atoms with Crippen molar-refractivity contribution in [3.8, 4) is 22.4 Å². The first-order valence-corrected chi connectivity index (χ1v) is 18.9. The van der Waals surface area contributed by atoms with E-state index in [9.17, 15) is 19.8 Å². The van der Waals surface area contributed by atoms with Crippen molar-refractivity contribution < 1.29 is 19.8 Å². The van der Waals surface area contributed by atoms with Gasteiger partial charge in [-0.05, 0) is 78.6 Å². The van der Waals surface area contributed by atoms with Crippen LogP contribution in [0.1, 0.15) is 56.1 Å². The molecule has 0 radical (unpaired) electrons. The minimum atomic E-state index is -1.63. The Morgan fingerprint density at radius 3 is 2.04 bits per heavy atom. The van der Waals surface area contributed by atoms with Gasteiger partial charge >= 0.3 is 0 Å². The Kier molecular flexibility index (Phi) is 9.66. The average molecular weight is 736 g/mol. The van der Waals surface area contributed by atoms with Crippen LogP contribution in [-0.4, -0.2) is 77.9 Å². The van der Waals surface area contributed by atoms with E-state index in [-0.39, 0.29) is 23.8 Å². The van der Waals surface area contributed by atoms with Crippen molar-refractivity contribution in [3.05, 3.63) is 133 Å². The number of aliphatic hydroxyl groups is 2. The lowest BCUT2D eigenvalue weighted by Crippen LogP contribution is -2.45. The number of H-pyrrole nitrogens is 1. The van der Waals surface area contributed by atoms with Crippen LogP contribution in [0, 0.1) is 5.92 Å². The molecule has 2 saturated heterocycles. The van der Waals surface area contributed by atoms with Crippen molar-refractivity contribution in [2.75, 3.05) is 31.5 Å². The van der Waals surface area contributed by atoms with Crippen LogP contribution < -0.4 is 5.32 Å². The number of hydrogen-bond acceptors (Lipinski definition) is 8. The van der Waals surface area contributed by atoms with Gasteiger partial charge in [0.05, 0.1) is 17.9 Å². The van der Waals surface area contributed by atoms with E-state index in [1.807, 2.05) is 55.0 Å². The zero-order valence-corrected chi connectivity index (χ0v) is 31.0. The Morgan fingerprint density at radius 1 is 0.745 bits per heavy atom. The van der Waals surface area contributed by atoms with Crippen LogP contribution in [0.2, 0.25) is 0 Å². The topological polar surface area (TPSA) is 148 Å². The van der Waals surface area contributed by atoms with Crippen molar-refractivity contribution >= 4 is 28.5 Å². The highest BCUT2D eigenvalue weighted by Gasteiger charge is 2.42. The van der Waals surface area contributed by atoms with Gasteiger partial charge < -0.3 is 30.3 Å². The molecular weight excluding hydrogens is 691 g/mol. The number of carbonyl (C=O) groups is 2. The maximum atomic E-state index is 13.6. The first kappa shape index (κ1) is 36.1. The predicted molar refractivity (Wildman–Crippen MR) is 211 cm³/mol. The lowest BCUT2D eigenvalue weighted by Gasteiger charge is -2.31. The number of likely N-dealkylation sites (tertiary alicyclic amines) is 2. The molecule has 4 N–H and O–H groups in total. The van der Waals surface area contributed by atoms with Gasteiger partial charge in [0.15, 0.2) is 11.2 Å². The number of imidazole rings is 1. The number of nitrogens with zero attached hydrogens (tertiary/aromatic N) is 5. The minimum absolute atomic E-state index is 0.224. The second-order valence-electron chi connectivity index (χ2n) is 15.1. The largest absolute Gasteiger partial charge is 0.376 e. The second kappa shape index (κ2) is 14.7. The third-order valence-corrected chi connectivity index (χ3v) is 11.2.